The highest BCUT2D eigenvalue weighted by Gasteiger charge is 2.24. The first-order chi connectivity index (χ1) is 14.1. The molecule has 0 unspecified atom stereocenters. The van der Waals surface area contributed by atoms with Gasteiger partial charge in [0.25, 0.3) is 5.56 Å². The molecule has 2 aliphatic rings. The van der Waals surface area contributed by atoms with Crippen LogP contribution in [0.5, 0.6) is 11.5 Å². The van der Waals surface area contributed by atoms with Crippen molar-refractivity contribution in [3.63, 3.8) is 0 Å². The molecule has 1 atom stereocenters. The number of rotatable bonds is 5. The van der Waals surface area contributed by atoms with Gasteiger partial charge in [-0.2, -0.15) is 0 Å². The van der Waals surface area contributed by atoms with Gasteiger partial charge in [0.05, 0.1) is 5.39 Å². The van der Waals surface area contributed by atoms with Crippen LogP contribution >= 0.6 is 23.1 Å². The van der Waals surface area contributed by atoms with E-state index in [1.807, 2.05) is 18.2 Å². The zero-order chi connectivity index (χ0) is 20.0. The number of nitrogens with zero attached hydrogens (tertiary/aromatic N) is 2. The molecule has 0 spiro atoms. The monoisotopic (exact) mass is 426 g/mol. The lowest BCUT2D eigenvalue weighted by molar-refractivity contribution is 0.174. The average Bonchev–Trinajstić information content (AvgIpc) is 3.32. The molecule has 1 aliphatic carbocycles. The van der Waals surface area contributed by atoms with Gasteiger partial charge in [-0.1, -0.05) is 30.8 Å². The highest BCUT2D eigenvalue weighted by Crippen LogP contribution is 2.37. The van der Waals surface area contributed by atoms with Gasteiger partial charge in [-0.3, -0.25) is 9.36 Å². The number of aryl methyl sites for hydroxylation is 1. The van der Waals surface area contributed by atoms with Crippen molar-refractivity contribution in [3.8, 4) is 11.5 Å². The first-order valence-corrected chi connectivity index (χ1v) is 11.6. The van der Waals surface area contributed by atoms with E-state index >= 15 is 0 Å². The van der Waals surface area contributed by atoms with Gasteiger partial charge in [0, 0.05) is 17.2 Å². The standard InChI is InChI=1S/C22H22N2O3S2/c1-3-8-24-21(25)19-15-6-4-13(2)9-18(15)29-20(19)23-22(24)28-11-14-5-7-16-17(10-14)27-12-26-16/h3,5,7,10,13H,1,4,6,8-9,11-12H2,2H3/t13-/m0/s1. The van der Waals surface area contributed by atoms with E-state index in [1.165, 1.54) is 10.4 Å². The van der Waals surface area contributed by atoms with Crippen LogP contribution in [0.1, 0.15) is 29.3 Å². The Balaban J connectivity index is 1.51. The van der Waals surface area contributed by atoms with Crippen LogP contribution in [0.25, 0.3) is 10.2 Å². The number of hydrogen-bond acceptors (Lipinski definition) is 6. The molecule has 0 bridgehead atoms. The second-order valence-corrected chi connectivity index (χ2v) is 9.63. The molecular formula is C22H22N2O3S2. The van der Waals surface area contributed by atoms with Crippen LogP contribution in [-0.4, -0.2) is 16.3 Å². The predicted molar refractivity (Wildman–Crippen MR) is 117 cm³/mol. The summed E-state index contributed by atoms with van der Waals surface area (Å²) < 4.78 is 12.6. The van der Waals surface area contributed by atoms with Crippen molar-refractivity contribution in [2.75, 3.05) is 6.79 Å². The molecule has 3 aromatic rings. The number of hydrogen-bond donors (Lipinski definition) is 0. The number of thiophene rings is 1. The number of fused-ring (bicyclic) bond motifs is 4. The molecule has 5 rings (SSSR count). The lowest BCUT2D eigenvalue weighted by Crippen LogP contribution is -2.23. The molecule has 0 saturated heterocycles. The van der Waals surface area contributed by atoms with Crippen molar-refractivity contribution in [2.45, 2.75) is 43.6 Å². The Labute approximate surface area is 177 Å². The van der Waals surface area contributed by atoms with Crippen LogP contribution in [0.4, 0.5) is 0 Å². The van der Waals surface area contributed by atoms with Gasteiger partial charge in [-0.15, -0.1) is 17.9 Å². The second-order valence-electron chi connectivity index (χ2n) is 7.61. The number of ether oxygens (including phenoxy) is 2. The molecule has 1 aliphatic heterocycles. The third-order valence-electron chi connectivity index (χ3n) is 5.50. The minimum Gasteiger partial charge on any atom is -0.454 e. The Hall–Kier alpha value is -2.25. The van der Waals surface area contributed by atoms with E-state index in [0.29, 0.717) is 18.2 Å². The molecule has 7 heteroatoms. The highest BCUT2D eigenvalue weighted by atomic mass is 32.2. The molecule has 2 aromatic heterocycles. The van der Waals surface area contributed by atoms with E-state index in [9.17, 15) is 4.79 Å². The lowest BCUT2D eigenvalue weighted by atomic mass is 9.89. The predicted octanol–water partition coefficient (Wildman–Crippen LogP) is 4.79. The van der Waals surface area contributed by atoms with E-state index < -0.39 is 0 Å². The fraction of sp³-hybridized carbons (Fsp3) is 0.364. The van der Waals surface area contributed by atoms with Crippen LogP contribution in [-0.2, 0) is 25.1 Å². The van der Waals surface area contributed by atoms with Crippen molar-refractivity contribution in [2.24, 2.45) is 5.92 Å². The van der Waals surface area contributed by atoms with Gasteiger partial charge in [-0.05, 0) is 48.4 Å². The summed E-state index contributed by atoms with van der Waals surface area (Å²) in [6.07, 6.45) is 4.93. The summed E-state index contributed by atoms with van der Waals surface area (Å²) in [5, 5.41) is 1.57. The Morgan fingerprint density at radius 2 is 2.24 bits per heavy atom. The zero-order valence-electron chi connectivity index (χ0n) is 16.3. The summed E-state index contributed by atoms with van der Waals surface area (Å²) in [5.41, 5.74) is 2.40. The van der Waals surface area contributed by atoms with Crippen molar-refractivity contribution >= 4 is 33.3 Å². The molecule has 0 amide bonds. The molecular weight excluding hydrogens is 404 g/mol. The summed E-state index contributed by atoms with van der Waals surface area (Å²) in [7, 11) is 0. The summed E-state index contributed by atoms with van der Waals surface area (Å²) in [4.78, 5) is 20.5. The maximum atomic E-state index is 13.4. The van der Waals surface area contributed by atoms with Crippen LogP contribution < -0.4 is 15.0 Å². The molecule has 29 heavy (non-hydrogen) atoms. The summed E-state index contributed by atoms with van der Waals surface area (Å²) in [6, 6.07) is 5.95. The molecule has 0 radical (unpaired) electrons. The minimum atomic E-state index is 0.0649. The van der Waals surface area contributed by atoms with E-state index in [4.69, 9.17) is 14.5 Å². The zero-order valence-corrected chi connectivity index (χ0v) is 17.9. The summed E-state index contributed by atoms with van der Waals surface area (Å²) in [5.74, 6) is 2.93. The molecule has 0 saturated carbocycles. The Morgan fingerprint density at radius 1 is 1.38 bits per heavy atom. The second kappa shape index (κ2) is 7.54. The Kier molecular flexibility index (Phi) is 4.87. The third kappa shape index (κ3) is 3.36. The topological polar surface area (TPSA) is 53.4 Å². The van der Waals surface area contributed by atoms with Crippen LogP contribution in [0.3, 0.4) is 0 Å². The first kappa shape index (κ1) is 18.8. The Morgan fingerprint density at radius 3 is 3.10 bits per heavy atom. The number of benzene rings is 1. The van der Waals surface area contributed by atoms with Crippen molar-refractivity contribution < 1.29 is 9.47 Å². The number of thioether (sulfide) groups is 1. The Bertz CT molecular complexity index is 1170. The molecule has 1 aromatic carbocycles. The summed E-state index contributed by atoms with van der Waals surface area (Å²) in [6.45, 7) is 6.85. The normalized spacial score (nSPS) is 17.5. The fourth-order valence-corrected chi connectivity index (χ4v) is 6.36. The van der Waals surface area contributed by atoms with Crippen molar-refractivity contribution in [1.82, 2.24) is 9.55 Å². The van der Waals surface area contributed by atoms with E-state index in [0.717, 1.165) is 51.7 Å². The molecule has 3 heterocycles. The van der Waals surface area contributed by atoms with Crippen LogP contribution in [0.2, 0.25) is 0 Å². The van der Waals surface area contributed by atoms with Crippen molar-refractivity contribution in [3.05, 3.63) is 57.2 Å². The largest absolute Gasteiger partial charge is 0.454 e. The van der Waals surface area contributed by atoms with Crippen LogP contribution in [0, 0.1) is 5.92 Å². The maximum absolute atomic E-state index is 13.4. The van der Waals surface area contributed by atoms with E-state index in [-0.39, 0.29) is 12.4 Å². The summed E-state index contributed by atoms with van der Waals surface area (Å²) >= 11 is 3.27. The SMILES string of the molecule is C=CCn1c(SCc2ccc3c(c2)OCO3)nc2sc3c(c2c1=O)CC[C@H](C)C3. The van der Waals surface area contributed by atoms with Gasteiger partial charge in [0.2, 0.25) is 6.79 Å². The smallest absolute Gasteiger partial charge is 0.263 e. The number of aromatic nitrogens is 2. The third-order valence-corrected chi connectivity index (χ3v) is 7.69. The first-order valence-electron chi connectivity index (χ1n) is 9.81. The van der Waals surface area contributed by atoms with Crippen LogP contribution in [0.15, 0.2) is 40.8 Å². The number of allylic oxidation sites excluding steroid dienone is 1. The van der Waals surface area contributed by atoms with Gasteiger partial charge in [0.15, 0.2) is 16.7 Å². The van der Waals surface area contributed by atoms with Gasteiger partial charge in [0.1, 0.15) is 4.83 Å². The van der Waals surface area contributed by atoms with E-state index in [2.05, 4.69) is 13.5 Å². The lowest BCUT2D eigenvalue weighted by Gasteiger charge is -2.17. The van der Waals surface area contributed by atoms with Gasteiger partial charge < -0.3 is 9.47 Å². The molecule has 150 valence electrons. The minimum absolute atomic E-state index is 0.0649. The molecule has 0 fully saturated rings. The van der Waals surface area contributed by atoms with Gasteiger partial charge >= 0.3 is 0 Å². The fourth-order valence-electron chi connectivity index (χ4n) is 3.98. The molecule has 0 N–H and O–H groups in total. The maximum Gasteiger partial charge on any atom is 0.263 e. The van der Waals surface area contributed by atoms with Crippen molar-refractivity contribution in [1.29, 1.82) is 0 Å². The molecule has 5 nitrogen and oxygen atoms in total. The van der Waals surface area contributed by atoms with E-state index in [1.54, 1.807) is 33.7 Å². The van der Waals surface area contributed by atoms with Gasteiger partial charge in [-0.25, -0.2) is 4.98 Å². The highest BCUT2D eigenvalue weighted by molar-refractivity contribution is 7.98. The quantitative estimate of drug-likeness (QED) is 0.334. The average molecular weight is 427 g/mol.